The maximum absolute atomic E-state index is 13.6. The molecule has 188 valence electrons. The topological polar surface area (TPSA) is 103 Å². The summed E-state index contributed by atoms with van der Waals surface area (Å²) in [7, 11) is 3.14. The van der Waals surface area contributed by atoms with Gasteiger partial charge in [0.1, 0.15) is 6.04 Å². The second-order valence-corrected chi connectivity index (χ2v) is 9.02. The fourth-order valence-corrected chi connectivity index (χ4v) is 4.48. The number of nitrogens with one attached hydrogen (secondary N) is 2. The molecule has 0 bridgehead atoms. The highest BCUT2D eigenvalue weighted by Crippen LogP contribution is 2.39. The third kappa shape index (κ3) is 4.71. The average Bonchev–Trinajstić information content (AvgIpc) is 3.33. The summed E-state index contributed by atoms with van der Waals surface area (Å²) in [5.74, 6) is 1.73. The molecule has 1 aliphatic rings. The Morgan fingerprint density at radius 3 is 2.57 bits per heavy atom. The van der Waals surface area contributed by atoms with Crippen LogP contribution in [0.3, 0.4) is 0 Å². The number of pyridine rings is 1. The van der Waals surface area contributed by atoms with Crippen molar-refractivity contribution in [3.8, 4) is 22.9 Å². The predicted octanol–water partition coefficient (Wildman–Crippen LogP) is 5.59. The number of aromatic nitrogens is 4. The van der Waals surface area contributed by atoms with E-state index in [1.54, 1.807) is 67.7 Å². The number of rotatable bonds is 6. The Bertz CT molecular complexity index is 1520. The van der Waals surface area contributed by atoms with Gasteiger partial charge in [-0.2, -0.15) is 4.98 Å². The largest absolute Gasteiger partial charge is 0.493 e. The van der Waals surface area contributed by atoms with Gasteiger partial charge in [0, 0.05) is 17.5 Å². The number of carbonyl (C=O) groups excluding carboxylic acids is 1. The van der Waals surface area contributed by atoms with Crippen molar-refractivity contribution in [1.82, 2.24) is 19.7 Å². The van der Waals surface area contributed by atoms with Gasteiger partial charge in [-0.15, -0.1) is 5.10 Å². The van der Waals surface area contributed by atoms with Gasteiger partial charge in [0.25, 0.3) is 5.91 Å². The maximum atomic E-state index is 13.6. The van der Waals surface area contributed by atoms with Crippen molar-refractivity contribution in [2.75, 3.05) is 24.9 Å². The number of ether oxygens (including phenoxy) is 2. The summed E-state index contributed by atoms with van der Waals surface area (Å²) in [6.45, 7) is 1.82. The molecule has 0 saturated heterocycles. The van der Waals surface area contributed by atoms with E-state index in [0.29, 0.717) is 55.8 Å². The molecule has 2 aromatic heterocycles. The summed E-state index contributed by atoms with van der Waals surface area (Å²) in [6, 6.07) is 13.5. The number of halogens is 2. The highest BCUT2D eigenvalue weighted by atomic mass is 35.5. The van der Waals surface area contributed by atoms with Crippen LogP contribution in [0.15, 0.2) is 72.2 Å². The molecule has 0 saturated carbocycles. The Balaban J connectivity index is 1.61. The van der Waals surface area contributed by atoms with Crippen LogP contribution in [-0.2, 0) is 4.79 Å². The minimum absolute atomic E-state index is 0.317. The summed E-state index contributed by atoms with van der Waals surface area (Å²) < 4.78 is 12.4. The van der Waals surface area contributed by atoms with Crippen molar-refractivity contribution in [3.05, 3.63) is 87.8 Å². The normalized spacial score (nSPS) is 14.6. The zero-order valence-corrected chi connectivity index (χ0v) is 21.6. The van der Waals surface area contributed by atoms with Crippen LogP contribution in [0.1, 0.15) is 18.5 Å². The quantitative estimate of drug-likeness (QED) is 0.331. The van der Waals surface area contributed by atoms with Gasteiger partial charge in [-0.25, -0.2) is 4.68 Å². The first-order valence-electron chi connectivity index (χ1n) is 11.2. The van der Waals surface area contributed by atoms with Crippen LogP contribution in [0.5, 0.6) is 11.5 Å². The van der Waals surface area contributed by atoms with Crippen LogP contribution >= 0.6 is 23.2 Å². The molecule has 4 aromatic rings. The third-order valence-electron chi connectivity index (χ3n) is 5.92. The predicted molar refractivity (Wildman–Crippen MR) is 142 cm³/mol. The molecule has 5 rings (SSSR count). The van der Waals surface area contributed by atoms with E-state index in [-0.39, 0.29) is 5.91 Å². The highest BCUT2D eigenvalue weighted by molar-refractivity contribution is 6.42. The molecule has 11 heteroatoms. The lowest BCUT2D eigenvalue weighted by Gasteiger charge is -2.28. The second-order valence-electron chi connectivity index (χ2n) is 8.21. The van der Waals surface area contributed by atoms with Crippen molar-refractivity contribution in [2.45, 2.75) is 13.0 Å². The van der Waals surface area contributed by atoms with E-state index in [0.717, 1.165) is 5.56 Å². The Hall–Kier alpha value is -4.08. The lowest BCUT2D eigenvalue weighted by molar-refractivity contribution is -0.113. The molecular formula is C26H22Cl2N6O3. The van der Waals surface area contributed by atoms with Gasteiger partial charge in [0.2, 0.25) is 5.95 Å². The van der Waals surface area contributed by atoms with Crippen LogP contribution < -0.4 is 20.1 Å². The molecule has 0 aliphatic carbocycles. The molecule has 2 N–H and O–H groups in total. The molecule has 0 spiro atoms. The Morgan fingerprint density at radius 1 is 1.05 bits per heavy atom. The van der Waals surface area contributed by atoms with E-state index in [1.807, 2.05) is 19.1 Å². The van der Waals surface area contributed by atoms with Crippen LogP contribution in [0.4, 0.5) is 11.6 Å². The van der Waals surface area contributed by atoms with Gasteiger partial charge in [-0.1, -0.05) is 29.3 Å². The SMILES string of the molecule is COc1ccc(-c2nc3n(n2)C(c2ccc(Cl)c(Cl)c2)C(C(=O)Nc2cccnc2)=C(C)N3)cc1OC. The first-order valence-corrected chi connectivity index (χ1v) is 12.0. The van der Waals surface area contributed by atoms with Gasteiger partial charge in [-0.3, -0.25) is 9.78 Å². The van der Waals surface area contributed by atoms with Gasteiger partial charge >= 0.3 is 0 Å². The zero-order valence-electron chi connectivity index (χ0n) is 20.1. The van der Waals surface area contributed by atoms with Crippen LogP contribution in [0.25, 0.3) is 11.4 Å². The molecule has 1 unspecified atom stereocenters. The number of fused-ring (bicyclic) bond motifs is 1. The zero-order chi connectivity index (χ0) is 26.1. The molecule has 1 atom stereocenters. The average molecular weight is 537 g/mol. The number of nitrogens with zero attached hydrogens (tertiary/aromatic N) is 4. The fourth-order valence-electron chi connectivity index (χ4n) is 4.17. The summed E-state index contributed by atoms with van der Waals surface area (Å²) in [6.07, 6.45) is 3.21. The Kier molecular flexibility index (Phi) is 6.73. The summed E-state index contributed by atoms with van der Waals surface area (Å²) in [5.41, 5.74) is 3.07. The number of carbonyl (C=O) groups is 1. The molecule has 37 heavy (non-hydrogen) atoms. The molecule has 0 fully saturated rings. The summed E-state index contributed by atoms with van der Waals surface area (Å²) in [4.78, 5) is 22.3. The number of hydrogen-bond acceptors (Lipinski definition) is 7. The minimum Gasteiger partial charge on any atom is -0.493 e. The third-order valence-corrected chi connectivity index (χ3v) is 6.66. The van der Waals surface area contributed by atoms with Crippen molar-refractivity contribution in [2.24, 2.45) is 0 Å². The molecule has 2 aromatic carbocycles. The molecule has 1 amide bonds. The fraction of sp³-hybridized carbons (Fsp3) is 0.154. The van der Waals surface area contributed by atoms with Crippen LogP contribution in [-0.4, -0.2) is 39.9 Å². The number of anilines is 2. The van der Waals surface area contributed by atoms with Gasteiger partial charge in [0.15, 0.2) is 17.3 Å². The molecule has 0 radical (unpaired) electrons. The Labute approximate surface area is 223 Å². The van der Waals surface area contributed by atoms with Crippen LogP contribution in [0, 0.1) is 0 Å². The van der Waals surface area contributed by atoms with E-state index < -0.39 is 6.04 Å². The van der Waals surface area contributed by atoms with E-state index in [1.165, 1.54) is 0 Å². The monoisotopic (exact) mass is 536 g/mol. The molecule has 1 aliphatic heterocycles. The van der Waals surface area contributed by atoms with E-state index in [2.05, 4.69) is 15.6 Å². The molecule has 9 nitrogen and oxygen atoms in total. The molecular weight excluding hydrogens is 515 g/mol. The standard InChI is InChI=1S/C26H22Cl2N6O3/c1-14-22(25(35)31-17-5-4-10-29-13-17)23(15-6-8-18(27)19(28)11-15)34-26(30-14)32-24(33-34)16-7-9-20(36-2)21(12-16)37-3/h4-13,23H,1-3H3,(H,31,35)(H,30,32,33). The van der Waals surface area contributed by atoms with Crippen molar-refractivity contribution >= 4 is 40.7 Å². The van der Waals surface area contributed by atoms with Gasteiger partial charge < -0.3 is 20.1 Å². The van der Waals surface area contributed by atoms with Crippen molar-refractivity contribution in [3.63, 3.8) is 0 Å². The maximum Gasteiger partial charge on any atom is 0.255 e. The number of allylic oxidation sites excluding steroid dienone is 1. The number of amides is 1. The van der Waals surface area contributed by atoms with Crippen molar-refractivity contribution < 1.29 is 14.3 Å². The Morgan fingerprint density at radius 2 is 1.86 bits per heavy atom. The lowest BCUT2D eigenvalue weighted by atomic mass is 9.95. The van der Waals surface area contributed by atoms with E-state index >= 15 is 0 Å². The number of benzene rings is 2. The first kappa shape index (κ1) is 24.6. The van der Waals surface area contributed by atoms with Gasteiger partial charge in [0.05, 0.1) is 41.7 Å². The smallest absolute Gasteiger partial charge is 0.255 e. The highest BCUT2D eigenvalue weighted by Gasteiger charge is 2.35. The summed E-state index contributed by atoms with van der Waals surface area (Å²) in [5, 5.41) is 11.7. The van der Waals surface area contributed by atoms with E-state index in [9.17, 15) is 4.79 Å². The van der Waals surface area contributed by atoms with E-state index in [4.69, 9.17) is 42.8 Å². The van der Waals surface area contributed by atoms with Gasteiger partial charge in [-0.05, 0) is 55.0 Å². The second kappa shape index (κ2) is 10.1. The first-order chi connectivity index (χ1) is 17.9. The lowest BCUT2D eigenvalue weighted by Crippen LogP contribution is -2.31. The summed E-state index contributed by atoms with van der Waals surface area (Å²) >= 11 is 12.6. The van der Waals surface area contributed by atoms with Crippen molar-refractivity contribution in [1.29, 1.82) is 0 Å². The minimum atomic E-state index is -0.635. The molecule has 3 heterocycles. The van der Waals surface area contributed by atoms with Crippen LogP contribution in [0.2, 0.25) is 10.0 Å². The number of methoxy groups -OCH3 is 2. The number of hydrogen-bond donors (Lipinski definition) is 2.